The summed E-state index contributed by atoms with van der Waals surface area (Å²) in [4.78, 5) is 2.28. The van der Waals surface area contributed by atoms with E-state index in [-0.39, 0.29) is 17.6 Å². The Bertz CT molecular complexity index is 365. The molecule has 18 heavy (non-hydrogen) atoms. The summed E-state index contributed by atoms with van der Waals surface area (Å²) in [5.74, 6) is -2.42. The zero-order chi connectivity index (χ0) is 13.2. The van der Waals surface area contributed by atoms with Crippen LogP contribution in [0.25, 0.3) is 0 Å². The van der Waals surface area contributed by atoms with Crippen LogP contribution in [0.4, 0.5) is 8.78 Å². The molecule has 2 heterocycles. The van der Waals surface area contributed by atoms with E-state index in [2.05, 4.69) is 4.90 Å². The highest BCUT2D eigenvalue weighted by Gasteiger charge is 2.77. The lowest BCUT2D eigenvalue weighted by molar-refractivity contribution is -0.0529. The first-order chi connectivity index (χ1) is 8.18. The molecule has 1 saturated carbocycles. The van der Waals surface area contributed by atoms with Gasteiger partial charge < -0.3 is 4.74 Å². The first-order valence-corrected chi connectivity index (χ1v) is 6.95. The molecule has 3 rings (SSSR count). The van der Waals surface area contributed by atoms with Crippen LogP contribution in [0.1, 0.15) is 46.5 Å². The van der Waals surface area contributed by atoms with Crippen LogP contribution in [-0.4, -0.2) is 41.7 Å². The standard InChI is InChI=1S/C14H23F2NO/c1-11(2,3)18-10-13-5-4-6-17(13)9-12(7-13)8-14(12,15)16/h4-10H2,1-3H3/t12?,13-/m1/s1. The van der Waals surface area contributed by atoms with Crippen LogP contribution in [0.15, 0.2) is 0 Å². The quantitative estimate of drug-likeness (QED) is 0.755. The van der Waals surface area contributed by atoms with Gasteiger partial charge in [0.25, 0.3) is 5.92 Å². The molecule has 2 saturated heterocycles. The van der Waals surface area contributed by atoms with Crippen LogP contribution < -0.4 is 0 Å². The molecule has 4 heteroatoms. The third-order valence-corrected chi connectivity index (χ3v) is 4.89. The molecule has 3 aliphatic rings. The van der Waals surface area contributed by atoms with Crippen molar-refractivity contribution in [3.8, 4) is 0 Å². The monoisotopic (exact) mass is 259 g/mol. The second-order valence-corrected chi connectivity index (χ2v) is 7.49. The fraction of sp³-hybridized carbons (Fsp3) is 1.00. The number of ether oxygens (including phenoxy) is 1. The molecule has 0 amide bonds. The second kappa shape index (κ2) is 3.45. The Balaban J connectivity index is 1.74. The first-order valence-electron chi connectivity index (χ1n) is 6.95. The van der Waals surface area contributed by atoms with Crippen molar-refractivity contribution in [3.05, 3.63) is 0 Å². The van der Waals surface area contributed by atoms with Crippen molar-refractivity contribution in [3.63, 3.8) is 0 Å². The third-order valence-electron chi connectivity index (χ3n) is 4.89. The molecule has 104 valence electrons. The predicted octanol–water partition coefficient (Wildman–Crippen LogP) is 3.07. The lowest BCUT2D eigenvalue weighted by atomic mass is 9.88. The van der Waals surface area contributed by atoms with Gasteiger partial charge in [0.05, 0.1) is 17.6 Å². The van der Waals surface area contributed by atoms with Crippen molar-refractivity contribution in [2.24, 2.45) is 5.41 Å². The summed E-state index contributed by atoms with van der Waals surface area (Å²) in [7, 11) is 0. The minimum Gasteiger partial charge on any atom is -0.374 e. The van der Waals surface area contributed by atoms with Crippen molar-refractivity contribution >= 4 is 0 Å². The smallest absolute Gasteiger partial charge is 0.255 e. The number of alkyl halides is 2. The van der Waals surface area contributed by atoms with Crippen molar-refractivity contribution in [2.45, 2.75) is 63.5 Å². The van der Waals surface area contributed by atoms with Gasteiger partial charge in [0, 0.05) is 18.5 Å². The van der Waals surface area contributed by atoms with Crippen LogP contribution >= 0.6 is 0 Å². The normalized spacial score (nSPS) is 42.5. The maximum atomic E-state index is 13.6. The minimum atomic E-state index is -2.42. The van der Waals surface area contributed by atoms with Gasteiger partial charge in [-0.3, -0.25) is 4.90 Å². The maximum Gasteiger partial charge on any atom is 0.255 e. The van der Waals surface area contributed by atoms with E-state index in [0.29, 0.717) is 19.6 Å². The van der Waals surface area contributed by atoms with E-state index in [0.717, 1.165) is 19.4 Å². The van der Waals surface area contributed by atoms with Gasteiger partial charge in [-0.25, -0.2) is 8.78 Å². The third kappa shape index (κ3) is 1.80. The summed E-state index contributed by atoms with van der Waals surface area (Å²) in [5.41, 5.74) is -1.01. The fourth-order valence-corrected chi connectivity index (χ4v) is 3.80. The number of nitrogens with zero attached hydrogens (tertiary/aromatic N) is 1. The Labute approximate surface area is 108 Å². The lowest BCUT2D eigenvalue weighted by Crippen LogP contribution is -2.44. The van der Waals surface area contributed by atoms with Gasteiger partial charge in [-0.2, -0.15) is 0 Å². The fourth-order valence-electron chi connectivity index (χ4n) is 3.80. The van der Waals surface area contributed by atoms with Gasteiger partial charge in [0.2, 0.25) is 0 Å². The number of hydrogen-bond donors (Lipinski definition) is 0. The van der Waals surface area contributed by atoms with E-state index >= 15 is 0 Å². The van der Waals surface area contributed by atoms with E-state index in [1.807, 2.05) is 20.8 Å². The molecule has 0 radical (unpaired) electrons. The molecule has 1 unspecified atom stereocenters. The molecule has 1 aliphatic carbocycles. The van der Waals surface area contributed by atoms with Gasteiger partial charge in [-0.05, 0) is 46.6 Å². The molecular weight excluding hydrogens is 236 g/mol. The molecule has 0 aromatic rings. The molecule has 1 spiro atoms. The summed E-state index contributed by atoms with van der Waals surface area (Å²) in [6.07, 6.45) is 2.85. The lowest BCUT2D eigenvalue weighted by Gasteiger charge is -2.34. The highest BCUT2D eigenvalue weighted by Crippen LogP contribution is 2.69. The number of hydrogen-bond acceptors (Lipinski definition) is 2. The average Bonchev–Trinajstić information content (AvgIpc) is 2.55. The summed E-state index contributed by atoms with van der Waals surface area (Å²) < 4.78 is 33.1. The number of rotatable bonds is 2. The zero-order valence-electron chi connectivity index (χ0n) is 11.6. The Morgan fingerprint density at radius 2 is 1.89 bits per heavy atom. The second-order valence-electron chi connectivity index (χ2n) is 7.49. The maximum absolute atomic E-state index is 13.6. The highest BCUT2D eigenvalue weighted by molar-refractivity contribution is 5.22. The van der Waals surface area contributed by atoms with Crippen molar-refractivity contribution in [1.82, 2.24) is 4.90 Å². The summed E-state index contributed by atoms with van der Waals surface area (Å²) in [6.45, 7) is 8.23. The Kier molecular flexibility index (Phi) is 2.46. The van der Waals surface area contributed by atoms with Crippen LogP contribution in [0, 0.1) is 5.41 Å². The molecule has 0 N–H and O–H groups in total. The van der Waals surface area contributed by atoms with Crippen LogP contribution in [-0.2, 0) is 4.74 Å². The number of fused-ring (bicyclic) bond motifs is 1. The average molecular weight is 259 g/mol. The van der Waals surface area contributed by atoms with Gasteiger partial charge >= 0.3 is 0 Å². The molecule has 2 atom stereocenters. The highest BCUT2D eigenvalue weighted by atomic mass is 19.3. The molecule has 3 fully saturated rings. The van der Waals surface area contributed by atoms with E-state index in [4.69, 9.17) is 4.74 Å². The van der Waals surface area contributed by atoms with E-state index < -0.39 is 11.3 Å². The first kappa shape index (κ1) is 12.8. The zero-order valence-corrected chi connectivity index (χ0v) is 11.6. The SMILES string of the molecule is CC(C)(C)OC[C@]12CCCN1CC1(CC1(F)F)C2. The summed E-state index contributed by atoms with van der Waals surface area (Å²) in [5, 5.41) is 0. The van der Waals surface area contributed by atoms with E-state index in [1.54, 1.807) is 0 Å². The summed E-state index contributed by atoms with van der Waals surface area (Å²) >= 11 is 0. The molecular formula is C14H23F2NO. The molecule has 0 aromatic heterocycles. The van der Waals surface area contributed by atoms with Gasteiger partial charge in [0.15, 0.2) is 0 Å². The summed E-state index contributed by atoms with van der Waals surface area (Å²) in [6, 6.07) is 0. The number of halogens is 2. The van der Waals surface area contributed by atoms with Gasteiger partial charge in [0.1, 0.15) is 0 Å². The van der Waals surface area contributed by atoms with Crippen molar-refractivity contribution < 1.29 is 13.5 Å². The van der Waals surface area contributed by atoms with Crippen molar-refractivity contribution in [2.75, 3.05) is 19.7 Å². The van der Waals surface area contributed by atoms with Crippen LogP contribution in [0.5, 0.6) is 0 Å². The molecule has 2 nitrogen and oxygen atoms in total. The molecule has 2 aliphatic heterocycles. The minimum absolute atomic E-state index is 0.0910. The van der Waals surface area contributed by atoms with Crippen LogP contribution in [0.3, 0.4) is 0 Å². The van der Waals surface area contributed by atoms with Crippen molar-refractivity contribution in [1.29, 1.82) is 0 Å². The molecule has 0 bridgehead atoms. The van der Waals surface area contributed by atoms with Gasteiger partial charge in [-0.15, -0.1) is 0 Å². The Hall–Kier alpha value is -0.220. The predicted molar refractivity (Wildman–Crippen MR) is 65.9 cm³/mol. The Morgan fingerprint density at radius 3 is 2.44 bits per heavy atom. The largest absolute Gasteiger partial charge is 0.374 e. The van der Waals surface area contributed by atoms with Crippen LogP contribution in [0.2, 0.25) is 0 Å². The topological polar surface area (TPSA) is 12.5 Å². The molecule has 0 aromatic carbocycles. The van der Waals surface area contributed by atoms with Gasteiger partial charge in [-0.1, -0.05) is 0 Å². The van der Waals surface area contributed by atoms with E-state index in [9.17, 15) is 8.78 Å². The Morgan fingerprint density at radius 1 is 1.22 bits per heavy atom. The van der Waals surface area contributed by atoms with E-state index in [1.165, 1.54) is 0 Å².